The second-order valence-electron chi connectivity index (χ2n) is 7.76. The number of ether oxygens (including phenoxy) is 1. The summed E-state index contributed by atoms with van der Waals surface area (Å²) in [4.78, 5) is 51.8. The Morgan fingerprint density at radius 2 is 1.69 bits per heavy atom. The van der Waals surface area contributed by atoms with Gasteiger partial charge in [-0.05, 0) is 55.7 Å². The van der Waals surface area contributed by atoms with Crippen LogP contribution in [0.25, 0.3) is 0 Å². The van der Waals surface area contributed by atoms with Gasteiger partial charge in [-0.15, -0.1) is 0 Å². The summed E-state index contributed by atoms with van der Waals surface area (Å²) >= 11 is 3.44. The van der Waals surface area contributed by atoms with Gasteiger partial charge in [-0.1, -0.05) is 47.8 Å². The van der Waals surface area contributed by atoms with Crippen LogP contribution in [0.3, 0.4) is 0 Å². The molecule has 0 aromatic heterocycles. The van der Waals surface area contributed by atoms with Crippen LogP contribution in [0.15, 0.2) is 40.9 Å². The van der Waals surface area contributed by atoms with E-state index in [-0.39, 0.29) is 17.5 Å². The Bertz CT molecular complexity index is 1050. The van der Waals surface area contributed by atoms with Crippen LogP contribution in [0, 0.1) is 13.8 Å². The Balaban J connectivity index is 1.69. The monoisotopic (exact) mass is 500 g/mol. The second kappa shape index (κ2) is 10.1. The number of unbranched alkanes of at least 4 members (excludes halogenated alkanes) is 1. The van der Waals surface area contributed by atoms with Gasteiger partial charge >= 0.3 is 5.97 Å². The van der Waals surface area contributed by atoms with Crippen LogP contribution in [-0.2, 0) is 14.3 Å². The second-order valence-corrected chi connectivity index (χ2v) is 8.61. The molecule has 0 saturated heterocycles. The average Bonchev–Trinajstić information content (AvgIpc) is 3.02. The lowest BCUT2D eigenvalue weighted by atomic mass is 10.1. The van der Waals surface area contributed by atoms with E-state index in [9.17, 15) is 19.2 Å². The van der Waals surface area contributed by atoms with Crippen LogP contribution in [0.2, 0.25) is 0 Å². The third kappa shape index (κ3) is 4.91. The summed E-state index contributed by atoms with van der Waals surface area (Å²) in [6.07, 6.45) is 1.67. The first-order valence-electron chi connectivity index (χ1n) is 10.4. The Kier molecular flexibility index (Phi) is 7.45. The zero-order valence-corrected chi connectivity index (χ0v) is 19.8. The van der Waals surface area contributed by atoms with Gasteiger partial charge in [-0.2, -0.15) is 0 Å². The van der Waals surface area contributed by atoms with Gasteiger partial charge in [0.1, 0.15) is 6.04 Å². The third-order valence-corrected chi connectivity index (χ3v) is 6.22. The van der Waals surface area contributed by atoms with Crippen LogP contribution in [0.4, 0.5) is 5.69 Å². The summed E-state index contributed by atoms with van der Waals surface area (Å²) in [5.41, 5.74) is 2.97. The molecule has 8 heteroatoms. The lowest BCUT2D eigenvalue weighted by Crippen LogP contribution is -2.46. The molecular weight excluding hydrogens is 476 g/mol. The maximum Gasteiger partial charge on any atom is 0.329 e. The summed E-state index contributed by atoms with van der Waals surface area (Å²) in [6.45, 7) is 5.19. The minimum absolute atomic E-state index is 0.269. The van der Waals surface area contributed by atoms with Crippen LogP contribution in [0.1, 0.15) is 58.0 Å². The molecule has 7 nitrogen and oxygen atoms in total. The molecule has 1 heterocycles. The van der Waals surface area contributed by atoms with Gasteiger partial charge in [0.2, 0.25) is 0 Å². The number of carbonyl (C=O) groups excluding carboxylic acids is 4. The Hall–Kier alpha value is -3.00. The van der Waals surface area contributed by atoms with Gasteiger partial charge in [0.05, 0.1) is 11.1 Å². The molecule has 1 aliphatic rings. The molecule has 3 rings (SSSR count). The molecule has 32 heavy (non-hydrogen) atoms. The average molecular weight is 501 g/mol. The molecule has 0 saturated carbocycles. The Morgan fingerprint density at radius 1 is 1.06 bits per heavy atom. The number of amides is 3. The highest BCUT2D eigenvalue weighted by Crippen LogP contribution is 2.27. The fraction of sp³-hybridized carbons (Fsp3) is 0.333. The molecule has 1 atom stereocenters. The predicted molar refractivity (Wildman–Crippen MR) is 123 cm³/mol. The summed E-state index contributed by atoms with van der Waals surface area (Å²) in [5.74, 6) is -2.31. The van der Waals surface area contributed by atoms with Crippen molar-refractivity contribution >= 4 is 45.3 Å². The van der Waals surface area contributed by atoms with E-state index in [1.807, 2.05) is 32.9 Å². The van der Waals surface area contributed by atoms with Gasteiger partial charge in [-0.25, -0.2) is 4.79 Å². The van der Waals surface area contributed by atoms with Crippen LogP contribution in [0.5, 0.6) is 0 Å². The number of fused-ring (bicyclic) bond motifs is 1. The molecule has 0 aliphatic carbocycles. The predicted octanol–water partition coefficient (Wildman–Crippen LogP) is 4.40. The van der Waals surface area contributed by atoms with Crippen molar-refractivity contribution in [1.29, 1.82) is 0 Å². The molecule has 168 valence electrons. The number of rotatable bonds is 8. The van der Waals surface area contributed by atoms with Crippen LogP contribution in [-0.4, -0.2) is 41.2 Å². The minimum Gasteiger partial charge on any atom is -0.454 e. The van der Waals surface area contributed by atoms with E-state index in [0.29, 0.717) is 12.1 Å². The molecule has 1 aliphatic heterocycles. The molecule has 0 fully saturated rings. The van der Waals surface area contributed by atoms with Crippen molar-refractivity contribution < 1.29 is 23.9 Å². The third-order valence-electron chi connectivity index (χ3n) is 5.37. The van der Waals surface area contributed by atoms with Crippen molar-refractivity contribution in [3.8, 4) is 0 Å². The summed E-state index contributed by atoms with van der Waals surface area (Å²) in [5, 5.41) is 2.73. The van der Waals surface area contributed by atoms with Crippen molar-refractivity contribution in [2.75, 3.05) is 11.9 Å². The summed E-state index contributed by atoms with van der Waals surface area (Å²) in [7, 11) is 0. The Labute approximate surface area is 195 Å². The Morgan fingerprint density at radius 3 is 2.28 bits per heavy atom. The summed E-state index contributed by atoms with van der Waals surface area (Å²) in [6, 6.07) is 9.10. The van der Waals surface area contributed by atoms with Crippen molar-refractivity contribution in [2.24, 2.45) is 0 Å². The van der Waals surface area contributed by atoms with Crippen molar-refractivity contribution in [1.82, 2.24) is 4.90 Å². The standard InChI is InChI=1S/C24H25BrN2O5/c1-4-5-10-20(27-22(29)16-8-6-7-9-17(16)23(27)30)24(31)32-13-21(28)26-19-12-14(2)18(25)11-15(19)3/h6-9,11-12,20H,4-5,10,13H2,1-3H3,(H,26,28)/t20-/m0/s1. The number of anilines is 1. The first-order chi connectivity index (χ1) is 15.2. The number of carbonyl (C=O) groups is 4. The van der Waals surface area contributed by atoms with E-state index in [2.05, 4.69) is 21.2 Å². The van der Waals surface area contributed by atoms with E-state index in [4.69, 9.17) is 4.74 Å². The number of imide groups is 1. The molecule has 3 amide bonds. The van der Waals surface area contributed by atoms with Gasteiger partial charge in [0.25, 0.3) is 17.7 Å². The largest absolute Gasteiger partial charge is 0.454 e. The van der Waals surface area contributed by atoms with Crippen LogP contribution >= 0.6 is 15.9 Å². The molecule has 0 radical (unpaired) electrons. The normalized spacial score (nSPS) is 13.7. The van der Waals surface area contributed by atoms with Crippen molar-refractivity contribution in [2.45, 2.75) is 46.1 Å². The fourth-order valence-electron chi connectivity index (χ4n) is 3.58. The molecule has 0 unspecified atom stereocenters. The maximum absolute atomic E-state index is 12.8. The molecule has 0 bridgehead atoms. The summed E-state index contributed by atoms with van der Waals surface area (Å²) < 4.78 is 6.16. The zero-order chi connectivity index (χ0) is 23.4. The highest BCUT2D eigenvalue weighted by atomic mass is 79.9. The lowest BCUT2D eigenvalue weighted by molar-refractivity contribution is -0.151. The SMILES string of the molecule is CCCC[C@@H](C(=O)OCC(=O)Nc1cc(C)c(Br)cc1C)N1C(=O)c2ccccc2C1=O. The number of benzene rings is 2. The number of hydrogen-bond acceptors (Lipinski definition) is 5. The van der Waals surface area contributed by atoms with Crippen molar-refractivity contribution in [3.63, 3.8) is 0 Å². The molecule has 2 aromatic rings. The molecule has 0 spiro atoms. The smallest absolute Gasteiger partial charge is 0.329 e. The van der Waals surface area contributed by atoms with Gasteiger partial charge in [0, 0.05) is 10.2 Å². The molecule has 2 aromatic carbocycles. The van der Waals surface area contributed by atoms with E-state index < -0.39 is 36.3 Å². The first kappa shape index (κ1) is 23.7. The number of nitrogens with one attached hydrogen (secondary N) is 1. The number of hydrogen-bond donors (Lipinski definition) is 1. The topological polar surface area (TPSA) is 92.8 Å². The van der Waals surface area contributed by atoms with Crippen LogP contribution < -0.4 is 5.32 Å². The first-order valence-corrected chi connectivity index (χ1v) is 11.2. The number of aryl methyl sites for hydroxylation is 2. The van der Waals surface area contributed by atoms with Gasteiger partial charge in [-0.3, -0.25) is 19.3 Å². The van der Waals surface area contributed by atoms with E-state index >= 15 is 0 Å². The molecular formula is C24H25BrN2O5. The van der Waals surface area contributed by atoms with E-state index in [1.54, 1.807) is 24.3 Å². The lowest BCUT2D eigenvalue weighted by Gasteiger charge is -2.24. The fourth-order valence-corrected chi connectivity index (χ4v) is 4.03. The highest BCUT2D eigenvalue weighted by Gasteiger charge is 2.43. The number of nitrogens with zero attached hydrogens (tertiary/aromatic N) is 1. The van der Waals surface area contributed by atoms with E-state index in [1.165, 1.54) is 0 Å². The maximum atomic E-state index is 12.8. The van der Waals surface area contributed by atoms with Gasteiger partial charge in [0.15, 0.2) is 6.61 Å². The molecule has 1 N–H and O–H groups in total. The van der Waals surface area contributed by atoms with E-state index in [0.717, 1.165) is 26.9 Å². The number of halogens is 1. The minimum atomic E-state index is -1.08. The van der Waals surface area contributed by atoms with Gasteiger partial charge < -0.3 is 10.1 Å². The highest BCUT2D eigenvalue weighted by molar-refractivity contribution is 9.10. The quantitative estimate of drug-likeness (QED) is 0.428. The zero-order valence-electron chi connectivity index (χ0n) is 18.2. The van der Waals surface area contributed by atoms with Crippen molar-refractivity contribution in [3.05, 3.63) is 63.1 Å². The number of esters is 1.